The van der Waals surface area contributed by atoms with E-state index in [0.29, 0.717) is 19.1 Å². The Balaban J connectivity index is 1.60. The zero-order chi connectivity index (χ0) is 13.8. The molecule has 102 valence electrons. The molecule has 1 N–H and O–H groups in total. The lowest BCUT2D eigenvalue weighted by Crippen LogP contribution is -2.31. The summed E-state index contributed by atoms with van der Waals surface area (Å²) in [6.45, 7) is 0.534. The highest BCUT2D eigenvalue weighted by molar-refractivity contribution is 5.84. The summed E-state index contributed by atoms with van der Waals surface area (Å²) in [6.07, 6.45) is 4.85. The largest absolute Gasteiger partial charge is 0.493 e. The van der Waals surface area contributed by atoms with Crippen molar-refractivity contribution in [3.63, 3.8) is 0 Å². The van der Waals surface area contributed by atoms with Gasteiger partial charge in [-0.3, -0.25) is 10.3 Å². The summed E-state index contributed by atoms with van der Waals surface area (Å²) in [6, 6.07) is 12.5. The van der Waals surface area contributed by atoms with Crippen molar-refractivity contribution in [2.45, 2.75) is 31.3 Å². The third-order valence-corrected chi connectivity index (χ3v) is 3.44. The second-order valence-corrected chi connectivity index (χ2v) is 5.09. The molecule has 1 fully saturated rings. The summed E-state index contributed by atoms with van der Waals surface area (Å²) in [4.78, 5) is 4.30. The van der Waals surface area contributed by atoms with Crippen molar-refractivity contribution in [1.29, 1.82) is 5.26 Å². The minimum absolute atomic E-state index is 0.115. The maximum absolute atomic E-state index is 9.09. The summed E-state index contributed by atoms with van der Waals surface area (Å²) in [5.41, 5.74) is 0.929. The minimum atomic E-state index is -0.115. The molecule has 0 saturated heterocycles. The normalized spacial score (nSPS) is 15.8. The molecule has 20 heavy (non-hydrogen) atoms. The van der Waals surface area contributed by atoms with E-state index >= 15 is 0 Å². The van der Waals surface area contributed by atoms with Gasteiger partial charge in [-0.15, -0.1) is 0 Å². The van der Waals surface area contributed by atoms with Crippen molar-refractivity contribution >= 4 is 10.9 Å². The van der Waals surface area contributed by atoms with Crippen molar-refractivity contribution in [3.8, 4) is 11.8 Å². The van der Waals surface area contributed by atoms with E-state index in [9.17, 15) is 0 Å². The van der Waals surface area contributed by atoms with Gasteiger partial charge >= 0.3 is 0 Å². The van der Waals surface area contributed by atoms with E-state index in [1.54, 1.807) is 6.20 Å². The zero-order valence-electron chi connectivity index (χ0n) is 11.2. The standard InChI is InChI=1S/C16H17N3O/c17-11-13(19-12-6-7-12)8-10-20-16-5-1-4-15-14(16)3-2-9-18-15/h1-5,9,12-13,19H,6-8,10H2. The second-order valence-electron chi connectivity index (χ2n) is 5.09. The molecule has 1 atom stereocenters. The number of fused-ring (bicyclic) bond motifs is 1. The Morgan fingerprint density at radius 1 is 1.35 bits per heavy atom. The molecule has 0 radical (unpaired) electrons. The average molecular weight is 267 g/mol. The van der Waals surface area contributed by atoms with Crippen molar-refractivity contribution in [1.82, 2.24) is 10.3 Å². The second kappa shape index (κ2) is 5.89. The lowest BCUT2D eigenvalue weighted by atomic mass is 10.2. The fourth-order valence-corrected chi connectivity index (χ4v) is 2.21. The first-order chi connectivity index (χ1) is 9.86. The minimum Gasteiger partial charge on any atom is -0.493 e. The number of hydrogen-bond acceptors (Lipinski definition) is 4. The molecule has 1 saturated carbocycles. The molecule has 1 aromatic carbocycles. The van der Waals surface area contributed by atoms with E-state index in [1.165, 1.54) is 12.8 Å². The van der Waals surface area contributed by atoms with Crippen molar-refractivity contribution in [3.05, 3.63) is 36.5 Å². The number of nitrogens with one attached hydrogen (secondary N) is 1. The van der Waals surface area contributed by atoms with Crippen LogP contribution in [0.5, 0.6) is 5.75 Å². The van der Waals surface area contributed by atoms with E-state index < -0.39 is 0 Å². The first-order valence-electron chi connectivity index (χ1n) is 6.99. The smallest absolute Gasteiger partial charge is 0.128 e. The van der Waals surface area contributed by atoms with Crippen LogP contribution in [0.3, 0.4) is 0 Å². The van der Waals surface area contributed by atoms with Crippen LogP contribution in [-0.4, -0.2) is 23.7 Å². The quantitative estimate of drug-likeness (QED) is 0.874. The Morgan fingerprint density at radius 3 is 3.05 bits per heavy atom. The topological polar surface area (TPSA) is 57.9 Å². The van der Waals surface area contributed by atoms with E-state index in [1.807, 2.05) is 30.3 Å². The van der Waals surface area contributed by atoms with E-state index in [4.69, 9.17) is 10.00 Å². The molecule has 0 spiro atoms. The van der Waals surface area contributed by atoms with Crippen LogP contribution in [0.25, 0.3) is 10.9 Å². The molecule has 1 aliphatic rings. The highest BCUT2D eigenvalue weighted by Crippen LogP contribution is 2.24. The number of pyridine rings is 1. The number of aromatic nitrogens is 1. The van der Waals surface area contributed by atoms with Gasteiger partial charge in [0.15, 0.2) is 0 Å². The number of rotatable bonds is 6. The van der Waals surface area contributed by atoms with E-state index in [-0.39, 0.29) is 6.04 Å². The van der Waals surface area contributed by atoms with Crippen molar-refractivity contribution in [2.75, 3.05) is 6.61 Å². The number of benzene rings is 1. The molecule has 4 heteroatoms. The van der Waals surface area contributed by atoms with Crippen LogP contribution in [0.1, 0.15) is 19.3 Å². The highest BCUT2D eigenvalue weighted by atomic mass is 16.5. The van der Waals surface area contributed by atoms with Crippen LogP contribution in [-0.2, 0) is 0 Å². The van der Waals surface area contributed by atoms with Gasteiger partial charge in [-0.2, -0.15) is 5.26 Å². The predicted octanol–water partition coefficient (Wildman–Crippen LogP) is 2.65. The molecular weight excluding hydrogens is 250 g/mol. The molecule has 3 rings (SSSR count). The van der Waals surface area contributed by atoms with Crippen LogP contribution in [0.15, 0.2) is 36.5 Å². The molecule has 0 aliphatic heterocycles. The Kier molecular flexibility index (Phi) is 3.80. The van der Waals surface area contributed by atoms with Crippen LogP contribution < -0.4 is 10.1 Å². The number of hydrogen-bond donors (Lipinski definition) is 1. The number of nitrogens with zero attached hydrogens (tertiary/aromatic N) is 2. The highest BCUT2D eigenvalue weighted by Gasteiger charge is 2.24. The molecule has 2 aromatic rings. The van der Waals surface area contributed by atoms with Crippen LogP contribution >= 0.6 is 0 Å². The van der Waals surface area contributed by atoms with Gasteiger partial charge in [0, 0.05) is 24.0 Å². The molecule has 0 bridgehead atoms. The molecule has 1 heterocycles. The molecular formula is C16H17N3O. The predicted molar refractivity (Wildman–Crippen MR) is 77.4 cm³/mol. The first kappa shape index (κ1) is 12.9. The van der Waals surface area contributed by atoms with Gasteiger partial charge in [0.1, 0.15) is 5.75 Å². The Labute approximate surface area is 118 Å². The molecule has 0 amide bonds. The molecule has 1 unspecified atom stereocenters. The number of nitriles is 1. The summed E-state index contributed by atoms with van der Waals surface area (Å²) < 4.78 is 5.82. The SMILES string of the molecule is N#CC(CCOc1cccc2ncccc12)NC1CC1. The summed E-state index contributed by atoms with van der Waals surface area (Å²) >= 11 is 0. The molecule has 4 nitrogen and oxygen atoms in total. The Morgan fingerprint density at radius 2 is 2.25 bits per heavy atom. The number of ether oxygens (including phenoxy) is 1. The average Bonchev–Trinajstić information content (AvgIpc) is 3.30. The monoisotopic (exact) mass is 267 g/mol. The Bertz CT molecular complexity index is 626. The first-order valence-corrected chi connectivity index (χ1v) is 6.99. The van der Waals surface area contributed by atoms with Gasteiger partial charge in [-0.25, -0.2) is 0 Å². The van der Waals surface area contributed by atoms with Gasteiger partial charge in [0.25, 0.3) is 0 Å². The summed E-state index contributed by atoms with van der Waals surface area (Å²) in [7, 11) is 0. The van der Waals surface area contributed by atoms with E-state index in [2.05, 4.69) is 16.4 Å². The maximum Gasteiger partial charge on any atom is 0.128 e. The third-order valence-electron chi connectivity index (χ3n) is 3.44. The summed E-state index contributed by atoms with van der Waals surface area (Å²) in [5, 5.41) is 13.4. The van der Waals surface area contributed by atoms with Crippen LogP contribution in [0.4, 0.5) is 0 Å². The third kappa shape index (κ3) is 3.06. The maximum atomic E-state index is 9.09. The van der Waals surface area contributed by atoms with Crippen LogP contribution in [0, 0.1) is 11.3 Å². The molecule has 1 aliphatic carbocycles. The zero-order valence-corrected chi connectivity index (χ0v) is 11.2. The van der Waals surface area contributed by atoms with Gasteiger partial charge in [0.2, 0.25) is 0 Å². The fourth-order valence-electron chi connectivity index (χ4n) is 2.21. The molecule has 1 aromatic heterocycles. The van der Waals surface area contributed by atoms with Gasteiger partial charge < -0.3 is 4.74 Å². The van der Waals surface area contributed by atoms with Crippen molar-refractivity contribution in [2.24, 2.45) is 0 Å². The lowest BCUT2D eigenvalue weighted by molar-refractivity contribution is 0.300. The van der Waals surface area contributed by atoms with E-state index in [0.717, 1.165) is 16.7 Å². The summed E-state index contributed by atoms with van der Waals surface area (Å²) in [5.74, 6) is 0.832. The van der Waals surface area contributed by atoms with Crippen molar-refractivity contribution < 1.29 is 4.74 Å². The van der Waals surface area contributed by atoms with Gasteiger partial charge in [0.05, 0.1) is 24.2 Å². The van der Waals surface area contributed by atoms with Gasteiger partial charge in [-0.1, -0.05) is 6.07 Å². The Hall–Kier alpha value is -2.12. The van der Waals surface area contributed by atoms with Gasteiger partial charge in [-0.05, 0) is 37.1 Å². The van der Waals surface area contributed by atoms with Crippen LogP contribution in [0.2, 0.25) is 0 Å². The lowest BCUT2D eigenvalue weighted by Gasteiger charge is -2.12. The fraction of sp³-hybridized carbons (Fsp3) is 0.375.